The summed E-state index contributed by atoms with van der Waals surface area (Å²) in [6.45, 7) is 0.496. The van der Waals surface area contributed by atoms with Crippen LogP contribution in [-0.2, 0) is 6.42 Å². The lowest BCUT2D eigenvalue weighted by molar-refractivity contribution is 0.355. The largest absolute Gasteiger partial charge is 0.493 e. The molecule has 0 aliphatic carbocycles. The minimum absolute atomic E-state index is 0.218. The van der Waals surface area contributed by atoms with Crippen molar-refractivity contribution in [3.63, 3.8) is 0 Å². The predicted molar refractivity (Wildman–Crippen MR) is 95.7 cm³/mol. The Kier molecular flexibility index (Phi) is 6.06. The van der Waals surface area contributed by atoms with Gasteiger partial charge in [-0.05, 0) is 25.0 Å². The summed E-state index contributed by atoms with van der Waals surface area (Å²) >= 11 is 0. The average molecular weight is 343 g/mol. The number of ether oxygens (including phenoxy) is 2. The van der Waals surface area contributed by atoms with Crippen LogP contribution in [-0.4, -0.2) is 36.9 Å². The van der Waals surface area contributed by atoms with E-state index in [0.717, 1.165) is 5.69 Å². The Bertz CT molecular complexity index is 792. The molecule has 0 spiro atoms. The molecule has 1 aromatic heterocycles. The van der Waals surface area contributed by atoms with Crippen LogP contribution in [0, 0.1) is 11.3 Å². The van der Waals surface area contributed by atoms with Crippen LogP contribution in [0.5, 0.6) is 11.5 Å². The lowest BCUT2D eigenvalue weighted by atomic mass is 10.1. The number of aromatic amines is 1. The molecule has 2 aromatic rings. The molecule has 0 fully saturated rings. The Balaban J connectivity index is 1.88. The summed E-state index contributed by atoms with van der Waals surface area (Å²) in [6.07, 6.45) is 1.31. The fraction of sp³-hybridized carbons (Fsp3) is 0.312. The molecular weight excluding hydrogens is 322 g/mol. The molecule has 0 saturated carbocycles. The van der Waals surface area contributed by atoms with Crippen molar-refractivity contribution in [3.05, 3.63) is 29.5 Å². The highest BCUT2D eigenvalue weighted by Crippen LogP contribution is 2.29. The van der Waals surface area contributed by atoms with Gasteiger partial charge in [0.15, 0.2) is 23.3 Å². The van der Waals surface area contributed by atoms with E-state index in [9.17, 15) is 0 Å². The van der Waals surface area contributed by atoms with Crippen molar-refractivity contribution in [2.24, 2.45) is 10.7 Å². The third-order valence-electron chi connectivity index (χ3n) is 3.50. The summed E-state index contributed by atoms with van der Waals surface area (Å²) in [7, 11) is 3.14. The van der Waals surface area contributed by atoms with E-state index in [0.29, 0.717) is 42.1 Å². The number of benzene rings is 1. The molecule has 2 rings (SSSR count). The van der Waals surface area contributed by atoms with Gasteiger partial charge in [0.1, 0.15) is 11.6 Å². The average Bonchev–Trinajstić information content (AvgIpc) is 2.98. The first-order valence-corrected chi connectivity index (χ1v) is 7.60. The number of H-pyrrole nitrogens is 1. The smallest absolute Gasteiger partial charge is 0.193 e. The number of aromatic nitrogens is 2. The Hall–Kier alpha value is -3.41. The zero-order chi connectivity index (χ0) is 18.2. The monoisotopic (exact) mass is 343 g/mol. The maximum absolute atomic E-state index is 9.01. The number of anilines is 2. The number of guanidine groups is 1. The van der Waals surface area contributed by atoms with Crippen molar-refractivity contribution in [1.82, 2.24) is 10.2 Å². The fourth-order valence-electron chi connectivity index (χ4n) is 2.26. The van der Waals surface area contributed by atoms with Gasteiger partial charge < -0.3 is 26.3 Å². The van der Waals surface area contributed by atoms with Crippen molar-refractivity contribution in [3.8, 4) is 17.6 Å². The summed E-state index contributed by atoms with van der Waals surface area (Å²) in [5.74, 6) is 1.74. The number of nitrogens with one attached hydrogen (secondary N) is 2. The van der Waals surface area contributed by atoms with Crippen LogP contribution in [0.25, 0.3) is 0 Å². The molecule has 25 heavy (non-hydrogen) atoms. The molecule has 0 aliphatic rings. The van der Waals surface area contributed by atoms with Crippen LogP contribution in [0.4, 0.5) is 11.5 Å². The number of aliphatic imine (C=N–C) groups is 1. The van der Waals surface area contributed by atoms with Gasteiger partial charge in [-0.3, -0.25) is 10.1 Å². The maximum Gasteiger partial charge on any atom is 0.193 e. The quantitative estimate of drug-likeness (QED) is 0.336. The molecule has 9 nitrogen and oxygen atoms in total. The van der Waals surface area contributed by atoms with Crippen LogP contribution >= 0.6 is 0 Å². The van der Waals surface area contributed by atoms with Crippen LogP contribution in [0.15, 0.2) is 23.2 Å². The number of methoxy groups -OCH3 is 2. The van der Waals surface area contributed by atoms with E-state index >= 15 is 0 Å². The number of hydrogen-bond acceptors (Lipinski definition) is 6. The minimum Gasteiger partial charge on any atom is -0.493 e. The van der Waals surface area contributed by atoms with Gasteiger partial charge in [0.05, 0.1) is 19.9 Å². The Morgan fingerprint density at radius 2 is 2.12 bits per heavy atom. The van der Waals surface area contributed by atoms with E-state index in [1.807, 2.05) is 12.1 Å². The third kappa shape index (κ3) is 4.54. The fourth-order valence-corrected chi connectivity index (χ4v) is 2.26. The van der Waals surface area contributed by atoms with Gasteiger partial charge in [-0.2, -0.15) is 10.4 Å². The number of nitriles is 1. The zero-order valence-electron chi connectivity index (χ0n) is 14.2. The zero-order valence-corrected chi connectivity index (χ0v) is 14.2. The molecule has 1 aromatic carbocycles. The van der Waals surface area contributed by atoms with Gasteiger partial charge >= 0.3 is 0 Å². The van der Waals surface area contributed by atoms with E-state index in [4.69, 9.17) is 26.2 Å². The summed E-state index contributed by atoms with van der Waals surface area (Å²) in [4.78, 5) is 4.26. The highest BCUT2D eigenvalue weighted by atomic mass is 16.5. The second-order valence-electron chi connectivity index (χ2n) is 5.14. The van der Waals surface area contributed by atoms with Crippen LogP contribution in [0.1, 0.15) is 17.7 Å². The predicted octanol–water partition coefficient (Wildman–Crippen LogP) is 1.24. The second-order valence-corrected chi connectivity index (χ2v) is 5.14. The molecule has 6 N–H and O–H groups in total. The Labute approximate surface area is 145 Å². The molecule has 9 heteroatoms. The van der Waals surface area contributed by atoms with E-state index in [1.165, 1.54) is 0 Å². The number of nitrogens with zero attached hydrogens (tertiary/aromatic N) is 3. The summed E-state index contributed by atoms with van der Waals surface area (Å²) < 4.78 is 10.4. The van der Waals surface area contributed by atoms with Crippen molar-refractivity contribution >= 4 is 17.5 Å². The van der Waals surface area contributed by atoms with E-state index < -0.39 is 0 Å². The van der Waals surface area contributed by atoms with Gasteiger partial charge in [0, 0.05) is 18.3 Å². The SMILES string of the molecule is COc1ccc(NC(N)=NCCCc2[nH]nc(N)c2C#N)cc1OC. The van der Waals surface area contributed by atoms with Gasteiger partial charge in [-0.1, -0.05) is 0 Å². The third-order valence-corrected chi connectivity index (χ3v) is 3.50. The molecule has 0 saturated heterocycles. The molecular formula is C16H21N7O2. The van der Waals surface area contributed by atoms with E-state index in [2.05, 4.69) is 20.5 Å². The van der Waals surface area contributed by atoms with Crippen LogP contribution < -0.4 is 26.3 Å². The van der Waals surface area contributed by atoms with Gasteiger partial charge in [0.25, 0.3) is 0 Å². The molecule has 0 atom stereocenters. The summed E-state index contributed by atoms with van der Waals surface area (Å²) in [5.41, 5.74) is 13.3. The molecule has 0 amide bonds. The molecule has 1 heterocycles. The highest BCUT2D eigenvalue weighted by Gasteiger charge is 2.09. The van der Waals surface area contributed by atoms with Crippen molar-refractivity contribution in [1.29, 1.82) is 5.26 Å². The van der Waals surface area contributed by atoms with Crippen LogP contribution in [0.2, 0.25) is 0 Å². The van der Waals surface area contributed by atoms with Gasteiger partial charge in [-0.25, -0.2) is 0 Å². The lowest BCUT2D eigenvalue weighted by Crippen LogP contribution is -2.23. The number of rotatable bonds is 7. The maximum atomic E-state index is 9.01. The first-order chi connectivity index (χ1) is 12.1. The summed E-state index contributed by atoms with van der Waals surface area (Å²) in [5, 5.41) is 18.6. The standard InChI is InChI=1S/C16H21N7O2/c1-24-13-6-5-10(8-14(13)25-2)21-16(19)20-7-3-4-12-11(9-17)15(18)23-22-12/h5-6,8H,3-4,7H2,1-2H3,(H3,18,22,23)(H3,19,20,21). The number of nitrogen functional groups attached to an aromatic ring is 1. The molecule has 0 unspecified atom stereocenters. The first-order valence-electron chi connectivity index (χ1n) is 7.60. The second kappa shape index (κ2) is 8.44. The Morgan fingerprint density at radius 3 is 2.80 bits per heavy atom. The van der Waals surface area contributed by atoms with Crippen molar-refractivity contribution in [2.75, 3.05) is 31.8 Å². The van der Waals surface area contributed by atoms with Crippen LogP contribution in [0.3, 0.4) is 0 Å². The number of nitrogens with two attached hydrogens (primary N) is 2. The lowest BCUT2D eigenvalue weighted by Gasteiger charge is -2.10. The van der Waals surface area contributed by atoms with E-state index in [-0.39, 0.29) is 11.8 Å². The van der Waals surface area contributed by atoms with Gasteiger partial charge in [0.2, 0.25) is 0 Å². The van der Waals surface area contributed by atoms with Crippen molar-refractivity contribution in [2.45, 2.75) is 12.8 Å². The molecule has 0 radical (unpaired) electrons. The minimum atomic E-state index is 0.218. The normalized spacial score (nSPS) is 11.0. The first kappa shape index (κ1) is 17.9. The molecule has 0 aliphatic heterocycles. The van der Waals surface area contributed by atoms with Gasteiger partial charge in [-0.15, -0.1) is 0 Å². The number of aryl methyl sites for hydroxylation is 1. The topological polar surface area (TPSA) is 147 Å². The van der Waals surface area contributed by atoms with E-state index in [1.54, 1.807) is 26.4 Å². The molecule has 132 valence electrons. The summed E-state index contributed by atoms with van der Waals surface area (Å²) in [6, 6.07) is 7.40. The number of hydrogen-bond donors (Lipinski definition) is 4. The van der Waals surface area contributed by atoms with Crippen molar-refractivity contribution < 1.29 is 9.47 Å². The molecule has 0 bridgehead atoms. The highest BCUT2D eigenvalue weighted by molar-refractivity contribution is 5.92. The Morgan fingerprint density at radius 1 is 1.36 bits per heavy atom.